The maximum Gasteiger partial charge on any atom is 0.129 e. The van der Waals surface area contributed by atoms with Gasteiger partial charge in [-0.05, 0) is 23.8 Å². The molecule has 6 nitrogen and oxygen atoms in total. The van der Waals surface area contributed by atoms with E-state index in [2.05, 4.69) is 20.4 Å². The quantitative estimate of drug-likeness (QED) is 0.718. The highest BCUT2D eigenvalue weighted by atomic mass is 35.5. The molecule has 0 aliphatic carbocycles. The molecule has 0 aromatic carbocycles. The van der Waals surface area contributed by atoms with Crippen LogP contribution in [-0.4, -0.2) is 26.8 Å². The molecule has 1 unspecified atom stereocenters. The Labute approximate surface area is 139 Å². The topological polar surface area (TPSA) is 81.7 Å². The van der Waals surface area contributed by atoms with Crippen molar-refractivity contribution in [2.24, 2.45) is 12.8 Å². The van der Waals surface area contributed by atoms with Gasteiger partial charge in [0.05, 0.1) is 23.3 Å². The monoisotopic (exact) mass is 328 g/mol. The minimum absolute atomic E-state index is 0.324. The number of fused-ring (bicyclic) bond motifs is 1. The van der Waals surface area contributed by atoms with Crippen LogP contribution in [-0.2, 0) is 7.05 Å². The SMILES string of the molecule is CN/C=C(/c1cnc2ccc(Cl)nc2c1)C(N)c1cnn(C)c1. The number of nitrogens with one attached hydrogen (secondary N) is 1. The molecule has 0 bridgehead atoms. The molecule has 3 heterocycles. The summed E-state index contributed by atoms with van der Waals surface area (Å²) in [6.07, 6.45) is 7.32. The number of hydrogen-bond donors (Lipinski definition) is 2. The van der Waals surface area contributed by atoms with Crippen LogP contribution >= 0.6 is 11.6 Å². The van der Waals surface area contributed by atoms with E-state index in [1.54, 1.807) is 23.1 Å². The van der Waals surface area contributed by atoms with Crippen LogP contribution in [0.4, 0.5) is 0 Å². The van der Waals surface area contributed by atoms with Gasteiger partial charge in [-0.25, -0.2) is 4.98 Å². The molecule has 0 spiro atoms. The zero-order valence-corrected chi connectivity index (χ0v) is 13.6. The molecular formula is C16H17ClN6. The predicted octanol–water partition coefficient (Wildman–Crippen LogP) is 2.28. The highest BCUT2D eigenvalue weighted by Crippen LogP contribution is 2.28. The van der Waals surface area contributed by atoms with E-state index < -0.39 is 0 Å². The van der Waals surface area contributed by atoms with Crippen LogP contribution in [0.2, 0.25) is 5.15 Å². The average molecular weight is 329 g/mol. The van der Waals surface area contributed by atoms with Gasteiger partial charge in [0.1, 0.15) is 5.15 Å². The molecule has 23 heavy (non-hydrogen) atoms. The van der Waals surface area contributed by atoms with Gasteiger partial charge in [0.25, 0.3) is 0 Å². The van der Waals surface area contributed by atoms with Gasteiger partial charge in [0.15, 0.2) is 0 Å². The summed E-state index contributed by atoms with van der Waals surface area (Å²) in [7, 11) is 3.70. The lowest BCUT2D eigenvalue weighted by Crippen LogP contribution is -2.14. The van der Waals surface area contributed by atoms with E-state index in [0.29, 0.717) is 5.15 Å². The number of rotatable bonds is 4. The second-order valence-electron chi connectivity index (χ2n) is 5.21. The summed E-state index contributed by atoms with van der Waals surface area (Å²) in [5.41, 5.74) is 10.6. The van der Waals surface area contributed by atoms with Gasteiger partial charge in [-0.2, -0.15) is 5.10 Å². The summed E-state index contributed by atoms with van der Waals surface area (Å²) in [5, 5.41) is 7.66. The number of nitrogens with zero attached hydrogens (tertiary/aromatic N) is 4. The van der Waals surface area contributed by atoms with Crippen molar-refractivity contribution < 1.29 is 0 Å². The van der Waals surface area contributed by atoms with Crippen molar-refractivity contribution in [2.45, 2.75) is 6.04 Å². The highest BCUT2D eigenvalue weighted by Gasteiger charge is 2.16. The van der Waals surface area contributed by atoms with Crippen molar-refractivity contribution >= 4 is 28.2 Å². The molecule has 0 aliphatic rings. The fourth-order valence-electron chi connectivity index (χ4n) is 2.43. The Morgan fingerprint density at radius 1 is 1.35 bits per heavy atom. The zero-order chi connectivity index (χ0) is 16.4. The van der Waals surface area contributed by atoms with E-state index in [9.17, 15) is 0 Å². The first kappa shape index (κ1) is 15.5. The van der Waals surface area contributed by atoms with Crippen molar-refractivity contribution in [1.82, 2.24) is 25.1 Å². The summed E-state index contributed by atoms with van der Waals surface area (Å²) in [6, 6.07) is 5.18. The van der Waals surface area contributed by atoms with Crippen LogP contribution in [0, 0.1) is 0 Å². The van der Waals surface area contributed by atoms with Gasteiger partial charge >= 0.3 is 0 Å². The molecule has 7 heteroatoms. The van der Waals surface area contributed by atoms with Crippen molar-refractivity contribution in [3.8, 4) is 0 Å². The van der Waals surface area contributed by atoms with Gasteiger partial charge < -0.3 is 11.1 Å². The molecule has 3 N–H and O–H groups in total. The Morgan fingerprint density at radius 2 is 2.17 bits per heavy atom. The van der Waals surface area contributed by atoms with E-state index in [-0.39, 0.29) is 6.04 Å². The molecule has 0 saturated heterocycles. The Morgan fingerprint density at radius 3 is 2.87 bits per heavy atom. The van der Waals surface area contributed by atoms with Gasteiger partial charge in [-0.1, -0.05) is 11.6 Å². The van der Waals surface area contributed by atoms with Gasteiger partial charge in [0.2, 0.25) is 0 Å². The van der Waals surface area contributed by atoms with Crippen molar-refractivity contribution in [2.75, 3.05) is 7.05 Å². The summed E-state index contributed by atoms with van der Waals surface area (Å²) in [6.45, 7) is 0. The third-order valence-electron chi connectivity index (χ3n) is 3.56. The van der Waals surface area contributed by atoms with Crippen molar-refractivity contribution in [3.63, 3.8) is 0 Å². The van der Waals surface area contributed by atoms with Gasteiger partial charge in [-0.15, -0.1) is 0 Å². The molecule has 3 aromatic rings. The summed E-state index contributed by atoms with van der Waals surface area (Å²) < 4.78 is 1.73. The summed E-state index contributed by atoms with van der Waals surface area (Å²) in [4.78, 5) is 8.75. The lowest BCUT2D eigenvalue weighted by Gasteiger charge is -2.15. The van der Waals surface area contributed by atoms with E-state index in [1.165, 1.54) is 0 Å². The first-order valence-corrected chi connectivity index (χ1v) is 7.50. The number of nitrogens with two attached hydrogens (primary N) is 1. The molecule has 0 saturated carbocycles. The number of halogens is 1. The van der Waals surface area contributed by atoms with Crippen LogP contribution in [0.1, 0.15) is 17.2 Å². The van der Waals surface area contributed by atoms with Crippen LogP contribution in [0.25, 0.3) is 16.6 Å². The van der Waals surface area contributed by atoms with Crippen molar-refractivity contribution in [3.05, 3.63) is 59.3 Å². The zero-order valence-electron chi connectivity index (χ0n) is 12.9. The van der Waals surface area contributed by atoms with Crippen LogP contribution in [0.15, 0.2) is 43.0 Å². The number of aryl methyl sites for hydroxylation is 1. The number of hydrogen-bond acceptors (Lipinski definition) is 5. The fourth-order valence-corrected chi connectivity index (χ4v) is 2.58. The van der Waals surface area contributed by atoms with E-state index >= 15 is 0 Å². The molecule has 0 aliphatic heterocycles. The average Bonchev–Trinajstić information content (AvgIpc) is 2.98. The molecule has 1 atom stereocenters. The predicted molar refractivity (Wildman–Crippen MR) is 91.7 cm³/mol. The Kier molecular flexibility index (Phi) is 4.27. The van der Waals surface area contributed by atoms with E-state index in [0.717, 1.165) is 27.7 Å². The molecule has 118 valence electrons. The van der Waals surface area contributed by atoms with Gasteiger partial charge in [-0.3, -0.25) is 9.67 Å². The molecule has 0 fully saturated rings. The smallest absolute Gasteiger partial charge is 0.129 e. The molecule has 3 aromatic heterocycles. The van der Waals surface area contributed by atoms with Crippen LogP contribution in [0.5, 0.6) is 0 Å². The van der Waals surface area contributed by atoms with Crippen LogP contribution < -0.4 is 11.1 Å². The Balaban J connectivity index is 2.06. The fraction of sp³-hybridized carbons (Fsp3) is 0.188. The normalized spacial score (nSPS) is 13.3. The van der Waals surface area contributed by atoms with E-state index in [4.69, 9.17) is 17.3 Å². The first-order valence-electron chi connectivity index (χ1n) is 7.12. The Bertz CT molecular complexity index is 870. The largest absolute Gasteiger partial charge is 0.394 e. The third-order valence-corrected chi connectivity index (χ3v) is 3.77. The first-order chi connectivity index (χ1) is 11.1. The lowest BCUT2D eigenvalue weighted by atomic mass is 9.97. The number of aromatic nitrogens is 4. The van der Waals surface area contributed by atoms with Crippen LogP contribution in [0.3, 0.4) is 0 Å². The Hall–Kier alpha value is -2.44. The molecule has 0 radical (unpaired) electrons. The standard InChI is InChI=1S/C16H17ClN6/c1-19-8-12(16(18)11-7-21-23(2)9-11)10-5-14-13(20-6-10)3-4-15(17)22-14/h3-9,16,19H,18H2,1-2H3/b12-8-. The maximum atomic E-state index is 6.41. The maximum absolute atomic E-state index is 6.41. The third kappa shape index (κ3) is 3.18. The second kappa shape index (κ2) is 6.36. The lowest BCUT2D eigenvalue weighted by molar-refractivity contribution is 0.766. The summed E-state index contributed by atoms with van der Waals surface area (Å²) in [5.74, 6) is 0. The minimum atomic E-state index is -0.324. The minimum Gasteiger partial charge on any atom is -0.394 e. The highest BCUT2D eigenvalue weighted by molar-refractivity contribution is 6.29. The molecule has 3 rings (SSSR count). The number of pyridine rings is 2. The molecule has 0 amide bonds. The van der Waals surface area contributed by atoms with E-state index in [1.807, 2.05) is 38.6 Å². The van der Waals surface area contributed by atoms with Crippen molar-refractivity contribution in [1.29, 1.82) is 0 Å². The summed E-state index contributed by atoms with van der Waals surface area (Å²) >= 11 is 5.97. The second-order valence-corrected chi connectivity index (χ2v) is 5.60. The van der Waals surface area contributed by atoms with Gasteiger partial charge in [0, 0.05) is 43.8 Å². The molecular weight excluding hydrogens is 312 g/mol.